The molecule has 0 amide bonds. The minimum atomic E-state index is -0.129. The third-order valence-corrected chi connectivity index (χ3v) is 5.04. The van der Waals surface area contributed by atoms with Gasteiger partial charge in [0.15, 0.2) is 0 Å². The third kappa shape index (κ3) is 3.25. The molecule has 2 atom stereocenters. The zero-order valence-electron chi connectivity index (χ0n) is 12.3. The van der Waals surface area contributed by atoms with Crippen LogP contribution < -0.4 is 0 Å². The summed E-state index contributed by atoms with van der Waals surface area (Å²) in [5.74, 6) is 0. The van der Waals surface area contributed by atoms with Crippen molar-refractivity contribution in [1.82, 2.24) is 9.80 Å². The van der Waals surface area contributed by atoms with Crippen molar-refractivity contribution in [3.8, 4) is 0 Å². The highest BCUT2D eigenvalue weighted by Gasteiger charge is 2.32. The predicted octanol–water partition coefficient (Wildman–Crippen LogP) is 2.84. The lowest BCUT2D eigenvalue weighted by Gasteiger charge is -2.40. The molecule has 2 fully saturated rings. The molecule has 2 aliphatic rings. The van der Waals surface area contributed by atoms with Gasteiger partial charge < -0.3 is 10.0 Å². The number of hydrogen-bond acceptors (Lipinski definition) is 3. The first-order valence-electron chi connectivity index (χ1n) is 7.77. The van der Waals surface area contributed by atoms with Crippen LogP contribution in [-0.2, 0) is 0 Å². The van der Waals surface area contributed by atoms with Gasteiger partial charge in [0.05, 0.1) is 6.10 Å². The van der Waals surface area contributed by atoms with Gasteiger partial charge in [-0.25, -0.2) is 0 Å². The first-order chi connectivity index (χ1) is 10.1. The number of hydrogen-bond donors (Lipinski definition) is 1. The molecule has 1 heterocycles. The van der Waals surface area contributed by atoms with E-state index >= 15 is 0 Å². The van der Waals surface area contributed by atoms with Gasteiger partial charge >= 0.3 is 0 Å². The highest BCUT2D eigenvalue weighted by atomic mass is 35.5. The Labute approximate surface area is 131 Å². The lowest BCUT2D eigenvalue weighted by Crippen LogP contribution is -2.51. The van der Waals surface area contributed by atoms with Crippen molar-refractivity contribution in [3.05, 3.63) is 41.4 Å². The molecule has 1 aliphatic heterocycles. The Bertz CT molecular complexity index is 494. The van der Waals surface area contributed by atoms with E-state index in [-0.39, 0.29) is 6.10 Å². The van der Waals surface area contributed by atoms with Gasteiger partial charge in [0, 0.05) is 42.9 Å². The zero-order valence-corrected chi connectivity index (χ0v) is 13.1. The summed E-state index contributed by atoms with van der Waals surface area (Å²) >= 11 is 5.93. The van der Waals surface area contributed by atoms with Gasteiger partial charge in [0.1, 0.15) is 0 Å². The second-order valence-electron chi connectivity index (χ2n) is 6.04. The maximum atomic E-state index is 10.0. The number of halogens is 1. The molecule has 1 saturated heterocycles. The van der Waals surface area contributed by atoms with E-state index in [2.05, 4.69) is 16.4 Å². The van der Waals surface area contributed by atoms with E-state index in [0.29, 0.717) is 6.04 Å². The third-order valence-electron chi connectivity index (χ3n) is 4.79. The van der Waals surface area contributed by atoms with E-state index in [4.69, 9.17) is 11.6 Å². The van der Waals surface area contributed by atoms with E-state index in [9.17, 15) is 5.11 Å². The number of rotatable bonds is 3. The second-order valence-corrected chi connectivity index (χ2v) is 6.48. The van der Waals surface area contributed by atoms with Gasteiger partial charge in [0.2, 0.25) is 0 Å². The average Bonchev–Trinajstić information content (AvgIpc) is 2.94. The standard InChI is InChI=1S/C17H23ClN2O/c1-13(14-5-7-15(18)8-6-14)19-9-11-20(12-10-19)16-3-2-4-17(16)21/h5-8,16-17,21H,1-4,9-12H2/t16-,17-/m1/s1. The average molecular weight is 307 g/mol. The Morgan fingerprint density at radius 3 is 2.33 bits per heavy atom. The molecule has 4 heteroatoms. The molecule has 1 aromatic carbocycles. The van der Waals surface area contributed by atoms with E-state index in [1.54, 1.807) is 0 Å². The van der Waals surface area contributed by atoms with Crippen LogP contribution in [0.2, 0.25) is 5.02 Å². The summed E-state index contributed by atoms with van der Waals surface area (Å²) < 4.78 is 0. The molecule has 3 nitrogen and oxygen atoms in total. The van der Waals surface area contributed by atoms with Crippen LogP contribution in [0.25, 0.3) is 5.70 Å². The van der Waals surface area contributed by atoms with Crippen LogP contribution >= 0.6 is 11.6 Å². The quantitative estimate of drug-likeness (QED) is 0.930. The number of piperazine rings is 1. The van der Waals surface area contributed by atoms with Crippen molar-refractivity contribution >= 4 is 17.3 Å². The van der Waals surface area contributed by atoms with E-state index < -0.39 is 0 Å². The maximum Gasteiger partial charge on any atom is 0.0695 e. The summed E-state index contributed by atoms with van der Waals surface area (Å²) in [6.07, 6.45) is 3.13. The SMILES string of the molecule is C=C(c1ccc(Cl)cc1)N1CCN([C@@H]2CCC[C@H]2O)CC1. The van der Waals surface area contributed by atoms with Crippen molar-refractivity contribution in [2.24, 2.45) is 0 Å². The Morgan fingerprint density at radius 2 is 1.76 bits per heavy atom. The van der Waals surface area contributed by atoms with Gasteiger partial charge in [-0.15, -0.1) is 0 Å². The van der Waals surface area contributed by atoms with Crippen molar-refractivity contribution in [3.63, 3.8) is 0 Å². The van der Waals surface area contributed by atoms with Crippen LogP contribution in [0.5, 0.6) is 0 Å². The van der Waals surface area contributed by atoms with Crippen LogP contribution in [0, 0.1) is 0 Å². The first kappa shape index (κ1) is 14.9. The van der Waals surface area contributed by atoms with E-state index in [0.717, 1.165) is 61.7 Å². The summed E-state index contributed by atoms with van der Waals surface area (Å²) in [6, 6.07) is 8.24. The highest BCUT2D eigenvalue weighted by Crippen LogP contribution is 2.27. The van der Waals surface area contributed by atoms with Gasteiger partial charge in [-0.3, -0.25) is 4.90 Å². The molecule has 1 N–H and O–H groups in total. The Balaban J connectivity index is 1.58. The van der Waals surface area contributed by atoms with Gasteiger partial charge in [-0.1, -0.05) is 30.3 Å². The second kappa shape index (κ2) is 6.39. The Morgan fingerprint density at radius 1 is 1.10 bits per heavy atom. The molecule has 21 heavy (non-hydrogen) atoms. The lowest BCUT2D eigenvalue weighted by atomic mass is 10.1. The number of aliphatic hydroxyl groups is 1. The lowest BCUT2D eigenvalue weighted by molar-refractivity contribution is 0.0475. The fourth-order valence-electron chi connectivity index (χ4n) is 3.50. The number of aliphatic hydroxyl groups excluding tert-OH is 1. The molecular formula is C17H23ClN2O. The summed E-state index contributed by atoms with van der Waals surface area (Å²) in [6.45, 7) is 8.20. The first-order valence-corrected chi connectivity index (χ1v) is 8.15. The Hall–Kier alpha value is -1.03. The van der Waals surface area contributed by atoms with Crippen molar-refractivity contribution in [1.29, 1.82) is 0 Å². The Kier molecular flexibility index (Phi) is 4.53. The van der Waals surface area contributed by atoms with Crippen LogP contribution in [0.15, 0.2) is 30.8 Å². The molecule has 0 aromatic heterocycles. The van der Waals surface area contributed by atoms with Crippen molar-refractivity contribution in [2.45, 2.75) is 31.4 Å². The van der Waals surface area contributed by atoms with Gasteiger partial charge in [-0.2, -0.15) is 0 Å². The smallest absolute Gasteiger partial charge is 0.0695 e. The molecule has 114 valence electrons. The number of benzene rings is 1. The van der Waals surface area contributed by atoms with Crippen LogP contribution in [-0.4, -0.2) is 53.2 Å². The topological polar surface area (TPSA) is 26.7 Å². The summed E-state index contributed by atoms with van der Waals surface area (Å²) in [4.78, 5) is 4.78. The molecule has 1 aliphatic carbocycles. The van der Waals surface area contributed by atoms with E-state index in [1.807, 2.05) is 24.3 Å². The molecule has 1 saturated carbocycles. The minimum absolute atomic E-state index is 0.129. The van der Waals surface area contributed by atoms with Crippen LogP contribution in [0.1, 0.15) is 24.8 Å². The largest absolute Gasteiger partial charge is 0.391 e. The summed E-state index contributed by atoms with van der Waals surface area (Å²) in [5.41, 5.74) is 2.20. The molecule has 0 radical (unpaired) electrons. The zero-order chi connectivity index (χ0) is 14.8. The molecule has 0 spiro atoms. The van der Waals surface area contributed by atoms with Gasteiger partial charge in [-0.05, 0) is 37.0 Å². The van der Waals surface area contributed by atoms with Crippen molar-refractivity contribution in [2.75, 3.05) is 26.2 Å². The fourth-order valence-corrected chi connectivity index (χ4v) is 3.62. The normalized spacial score (nSPS) is 27.0. The number of nitrogens with zero attached hydrogens (tertiary/aromatic N) is 2. The molecule has 0 bridgehead atoms. The highest BCUT2D eigenvalue weighted by molar-refractivity contribution is 6.30. The molecular weight excluding hydrogens is 284 g/mol. The van der Waals surface area contributed by atoms with Gasteiger partial charge in [0.25, 0.3) is 0 Å². The molecule has 1 aromatic rings. The maximum absolute atomic E-state index is 10.0. The molecule has 0 unspecified atom stereocenters. The predicted molar refractivity (Wildman–Crippen MR) is 87.3 cm³/mol. The fraction of sp³-hybridized carbons (Fsp3) is 0.529. The minimum Gasteiger partial charge on any atom is -0.391 e. The van der Waals surface area contributed by atoms with E-state index in [1.165, 1.54) is 0 Å². The van der Waals surface area contributed by atoms with Crippen molar-refractivity contribution < 1.29 is 5.11 Å². The summed E-state index contributed by atoms with van der Waals surface area (Å²) in [5, 5.41) is 10.8. The molecule has 3 rings (SSSR count). The van der Waals surface area contributed by atoms with Crippen LogP contribution in [0.3, 0.4) is 0 Å². The van der Waals surface area contributed by atoms with Crippen LogP contribution in [0.4, 0.5) is 0 Å². The summed E-state index contributed by atoms with van der Waals surface area (Å²) in [7, 11) is 0. The monoisotopic (exact) mass is 306 g/mol.